The molecule has 1 aromatic carbocycles. The molecule has 0 spiro atoms. The molecule has 1 heterocycles. The number of aliphatic carboxylic acids is 1. The predicted octanol–water partition coefficient (Wildman–Crippen LogP) is 1.50. The number of nitrogens with zero attached hydrogens (tertiary/aromatic N) is 2. The first-order chi connectivity index (χ1) is 7.66. The Labute approximate surface area is 89.5 Å². The minimum absolute atomic E-state index is 0.221. The van der Waals surface area contributed by atoms with Crippen LogP contribution in [0.25, 0.3) is 11.3 Å². The fourth-order valence-corrected chi connectivity index (χ4v) is 1.29. The van der Waals surface area contributed by atoms with Crippen molar-refractivity contribution >= 4 is 5.97 Å². The molecule has 0 unspecified atom stereocenters. The quantitative estimate of drug-likeness (QED) is 0.851. The number of aromatic nitrogens is 2. The van der Waals surface area contributed by atoms with Gasteiger partial charge in [0.2, 0.25) is 0 Å². The van der Waals surface area contributed by atoms with E-state index in [-0.39, 0.29) is 17.9 Å². The van der Waals surface area contributed by atoms with Crippen LogP contribution >= 0.6 is 0 Å². The minimum Gasteiger partial charge on any atom is -0.481 e. The van der Waals surface area contributed by atoms with Crippen LogP contribution in [0, 0.1) is 5.82 Å². The molecule has 5 nitrogen and oxygen atoms in total. The van der Waals surface area contributed by atoms with Crippen LogP contribution in [0.1, 0.15) is 5.69 Å². The van der Waals surface area contributed by atoms with Crippen LogP contribution in [0.4, 0.5) is 4.39 Å². The summed E-state index contributed by atoms with van der Waals surface area (Å²) in [4.78, 5) is 10.5. The Bertz CT molecular complexity index is 507. The van der Waals surface area contributed by atoms with Crippen molar-refractivity contribution in [1.82, 2.24) is 10.3 Å². The average molecular weight is 222 g/mol. The number of hydrogen-bond donors (Lipinski definition) is 1. The number of carboxylic acid groups (broad SMARTS) is 1. The summed E-state index contributed by atoms with van der Waals surface area (Å²) in [5.41, 5.74) is 1.11. The zero-order chi connectivity index (χ0) is 11.5. The van der Waals surface area contributed by atoms with Gasteiger partial charge in [-0.15, -0.1) is 0 Å². The molecule has 1 aromatic heterocycles. The van der Waals surface area contributed by atoms with E-state index in [0.717, 1.165) is 0 Å². The van der Waals surface area contributed by atoms with Crippen molar-refractivity contribution in [2.75, 3.05) is 0 Å². The standard InChI is InChI=1S/C10H7FN2O3/c11-7-3-1-6(2-4-7)10-8(5-9(14)15)12-16-13-10/h1-4H,5H2,(H,14,15). The lowest BCUT2D eigenvalue weighted by molar-refractivity contribution is -0.136. The molecule has 0 saturated heterocycles. The number of rotatable bonds is 3. The molecule has 2 rings (SSSR count). The molecule has 0 aliphatic carbocycles. The van der Waals surface area contributed by atoms with E-state index in [2.05, 4.69) is 14.9 Å². The van der Waals surface area contributed by atoms with Crippen LogP contribution in [-0.4, -0.2) is 21.4 Å². The van der Waals surface area contributed by atoms with Crippen LogP contribution in [0.3, 0.4) is 0 Å². The third-order valence-corrected chi connectivity index (χ3v) is 1.99. The summed E-state index contributed by atoms with van der Waals surface area (Å²) in [5.74, 6) is -1.40. The summed E-state index contributed by atoms with van der Waals surface area (Å²) in [6.07, 6.45) is -0.282. The van der Waals surface area contributed by atoms with Crippen molar-refractivity contribution in [3.05, 3.63) is 35.8 Å². The normalized spacial score (nSPS) is 10.3. The summed E-state index contributed by atoms with van der Waals surface area (Å²) < 4.78 is 17.2. The van der Waals surface area contributed by atoms with E-state index < -0.39 is 5.97 Å². The molecule has 0 aliphatic heterocycles. The molecule has 0 aliphatic rings. The highest BCUT2D eigenvalue weighted by Gasteiger charge is 2.14. The highest BCUT2D eigenvalue weighted by atomic mass is 19.1. The van der Waals surface area contributed by atoms with Crippen molar-refractivity contribution in [2.45, 2.75) is 6.42 Å². The van der Waals surface area contributed by atoms with E-state index in [9.17, 15) is 9.18 Å². The van der Waals surface area contributed by atoms with Crippen molar-refractivity contribution in [3.63, 3.8) is 0 Å². The van der Waals surface area contributed by atoms with Gasteiger partial charge >= 0.3 is 5.97 Å². The van der Waals surface area contributed by atoms with Crippen LogP contribution in [0.15, 0.2) is 28.9 Å². The summed E-state index contributed by atoms with van der Waals surface area (Å²) in [7, 11) is 0. The SMILES string of the molecule is O=C(O)Cc1nonc1-c1ccc(F)cc1. The molecule has 0 saturated carbocycles. The zero-order valence-electron chi connectivity index (χ0n) is 8.05. The molecular weight excluding hydrogens is 215 g/mol. The van der Waals surface area contributed by atoms with Gasteiger partial charge in [-0.1, -0.05) is 5.16 Å². The van der Waals surface area contributed by atoms with Crippen molar-refractivity contribution in [2.24, 2.45) is 0 Å². The molecule has 2 aromatic rings. The molecule has 6 heteroatoms. The minimum atomic E-state index is -1.03. The Hall–Kier alpha value is -2.24. The molecule has 0 fully saturated rings. The molecule has 16 heavy (non-hydrogen) atoms. The van der Waals surface area contributed by atoms with Gasteiger partial charge in [0, 0.05) is 5.56 Å². The van der Waals surface area contributed by atoms with Gasteiger partial charge in [0.25, 0.3) is 0 Å². The fraction of sp³-hybridized carbons (Fsp3) is 0.100. The van der Waals surface area contributed by atoms with Gasteiger partial charge in [0.15, 0.2) is 0 Å². The van der Waals surface area contributed by atoms with Crippen LogP contribution < -0.4 is 0 Å². The van der Waals surface area contributed by atoms with Crippen molar-refractivity contribution in [1.29, 1.82) is 0 Å². The van der Waals surface area contributed by atoms with Gasteiger partial charge in [-0.3, -0.25) is 4.79 Å². The van der Waals surface area contributed by atoms with Crippen molar-refractivity contribution in [3.8, 4) is 11.3 Å². The van der Waals surface area contributed by atoms with Crippen LogP contribution in [-0.2, 0) is 11.2 Å². The first kappa shape index (κ1) is 10.3. The number of hydrogen-bond acceptors (Lipinski definition) is 4. The summed E-state index contributed by atoms with van der Waals surface area (Å²) in [5, 5.41) is 15.7. The Morgan fingerprint density at radius 1 is 1.31 bits per heavy atom. The third-order valence-electron chi connectivity index (χ3n) is 1.99. The second-order valence-electron chi connectivity index (χ2n) is 3.14. The summed E-state index contributed by atoms with van der Waals surface area (Å²) >= 11 is 0. The largest absolute Gasteiger partial charge is 0.481 e. The number of benzene rings is 1. The van der Waals surface area contributed by atoms with Gasteiger partial charge < -0.3 is 5.11 Å². The molecule has 1 N–H and O–H groups in total. The second-order valence-corrected chi connectivity index (χ2v) is 3.14. The maximum Gasteiger partial charge on any atom is 0.309 e. The van der Waals surface area contributed by atoms with Gasteiger partial charge in [-0.05, 0) is 29.4 Å². The van der Waals surface area contributed by atoms with E-state index in [0.29, 0.717) is 11.3 Å². The monoisotopic (exact) mass is 222 g/mol. The highest BCUT2D eigenvalue weighted by Crippen LogP contribution is 2.20. The van der Waals surface area contributed by atoms with E-state index in [1.165, 1.54) is 24.3 Å². The van der Waals surface area contributed by atoms with Gasteiger partial charge in [-0.2, -0.15) is 0 Å². The van der Waals surface area contributed by atoms with Crippen LogP contribution in [0.5, 0.6) is 0 Å². The molecule has 0 radical (unpaired) electrons. The fourth-order valence-electron chi connectivity index (χ4n) is 1.29. The lowest BCUT2D eigenvalue weighted by Gasteiger charge is -1.96. The number of halogens is 1. The molecule has 0 bridgehead atoms. The Morgan fingerprint density at radius 2 is 2.00 bits per heavy atom. The van der Waals surface area contributed by atoms with Crippen LogP contribution in [0.2, 0.25) is 0 Å². The Balaban J connectivity index is 2.36. The average Bonchev–Trinajstić information content (AvgIpc) is 2.66. The summed E-state index contributed by atoms with van der Waals surface area (Å²) in [6.45, 7) is 0. The van der Waals surface area contributed by atoms with Gasteiger partial charge in [0.1, 0.15) is 17.2 Å². The lowest BCUT2D eigenvalue weighted by Crippen LogP contribution is -2.01. The first-order valence-corrected chi connectivity index (χ1v) is 4.46. The zero-order valence-corrected chi connectivity index (χ0v) is 8.05. The van der Waals surface area contributed by atoms with E-state index in [1.807, 2.05) is 0 Å². The summed E-state index contributed by atoms with van der Waals surface area (Å²) in [6, 6.07) is 5.49. The van der Waals surface area contributed by atoms with Gasteiger partial charge in [-0.25, -0.2) is 9.02 Å². The maximum atomic E-state index is 12.7. The van der Waals surface area contributed by atoms with E-state index in [4.69, 9.17) is 5.11 Å². The Morgan fingerprint density at radius 3 is 2.62 bits per heavy atom. The predicted molar refractivity (Wildman–Crippen MR) is 51.0 cm³/mol. The third kappa shape index (κ3) is 2.05. The topological polar surface area (TPSA) is 76.2 Å². The van der Waals surface area contributed by atoms with E-state index >= 15 is 0 Å². The lowest BCUT2D eigenvalue weighted by atomic mass is 10.1. The molecule has 82 valence electrons. The van der Waals surface area contributed by atoms with Crippen molar-refractivity contribution < 1.29 is 18.9 Å². The number of carbonyl (C=O) groups is 1. The van der Waals surface area contributed by atoms with Gasteiger partial charge in [0.05, 0.1) is 6.42 Å². The maximum absolute atomic E-state index is 12.7. The molecule has 0 atom stereocenters. The number of carboxylic acids is 1. The highest BCUT2D eigenvalue weighted by molar-refractivity contribution is 5.73. The smallest absolute Gasteiger partial charge is 0.309 e. The van der Waals surface area contributed by atoms with E-state index in [1.54, 1.807) is 0 Å². The Kier molecular flexibility index (Phi) is 2.63. The molecular formula is C10H7FN2O3. The first-order valence-electron chi connectivity index (χ1n) is 4.46. The second kappa shape index (κ2) is 4.09. The molecule has 0 amide bonds.